The van der Waals surface area contributed by atoms with E-state index in [0.717, 1.165) is 5.56 Å². The van der Waals surface area contributed by atoms with Gasteiger partial charge in [-0.2, -0.15) is 0 Å². The standard InChI is InChI=1S/C17H21NO6/c1-17(2)23-14-12-13(22-15(14)24-17)11(19)8-18(12)16(20)21-9-10-6-4-3-5-7-10/h3-7,11-15,19H,8-9H2,1-2H3/t11-,12?,13+,14-,15-/m1/s1. The van der Waals surface area contributed by atoms with Gasteiger partial charge in [-0.3, -0.25) is 4.90 Å². The molecule has 24 heavy (non-hydrogen) atoms. The molecule has 3 saturated heterocycles. The summed E-state index contributed by atoms with van der Waals surface area (Å²) >= 11 is 0. The van der Waals surface area contributed by atoms with Gasteiger partial charge in [0.1, 0.15) is 24.9 Å². The van der Waals surface area contributed by atoms with Crippen molar-refractivity contribution >= 4 is 6.09 Å². The van der Waals surface area contributed by atoms with Crippen LogP contribution < -0.4 is 0 Å². The Morgan fingerprint density at radius 2 is 2.04 bits per heavy atom. The van der Waals surface area contributed by atoms with Crippen LogP contribution in [0.2, 0.25) is 0 Å². The zero-order chi connectivity index (χ0) is 16.9. The highest BCUT2D eigenvalue weighted by Crippen LogP contribution is 2.43. The molecule has 5 atom stereocenters. The van der Waals surface area contributed by atoms with Crippen molar-refractivity contribution in [2.24, 2.45) is 0 Å². The highest BCUT2D eigenvalue weighted by Gasteiger charge is 2.62. The molecular weight excluding hydrogens is 314 g/mol. The molecule has 3 aliphatic rings. The van der Waals surface area contributed by atoms with Crippen LogP contribution in [0.5, 0.6) is 0 Å². The first-order valence-electron chi connectivity index (χ1n) is 8.11. The summed E-state index contributed by atoms with van der Waals surface area (Å²) in [6.07, 6.45) is -2.77. The van der Waals surface area contributed by atoms with Crippen LogP contribution in [-0.4, -0.2) is 59.1 Å². The average molecular weight is 335 g/mol. The van der Waals surface area contributed by atoms with Crippen LogP contribution in [0.1, 0.15) is 19.4 Å². The Morgan fingerprint density at radius 3 is 2.79 bits per heavy atom. The topological polar surface area (TPSA) is 77.5 Å². The van der Waals surface area contributed by atoms with E-state index in [-0.39, 0.29) is 13.2 Å². The number of benzene rings is 1. The predicted molar refractivity (Wildman–Crippen MR) is 81.8 cm³/mol. The molecule has 3 aliphatic heterocycles. The highest BCUT2D eigenvalue weighted by molar-refractivity contribution is 5.69. The van der Waals surface area contributed by atoms with Gasteiger partial charge in [0.2, 0.25) is 0 Å². The number of likely N-dealkylation sites (tertiary alicyclic amines) is 1. The number of β-amino-alcohol motifs (C(OH)–C–C–N with tert-alkyl or cyclic N) is 1. The second-order valence-corrected chi connectivity index (χ2v) is 6.82. The van der Waals surface area contributed by atoms with Gasteiger partial charge >= 0.3 is 6.09 Å². The van der Waals surface area contributed by atoms with E-state index < -0.39 is 42.5 Å². The van der Waals surface area contributed by atoms with Crippen molar-refractivity contribution in [2.45, 2.75) is 56.9 Å². The molecule has 0 aromatic heterocycles. The summed E-state index contributed by atoms with van der Waals surface area (Å²) in [5.74, 6) is -0.770. The monoisotopic (exact) mass is 335 g/mol. The minimum atomic E-state index is -0.778. The molecule has 130 valence electrons. The lowest BCUT2D eigenvalue weighted by Gasteiger charge is -2.27. The van der Waals surface area contributed by atoms with Gasteiger partial charge in [-0.1, -0.05) is 30.3 Å². The fraction of sp³-hybridized carbons (Fsp3) is 0.588. The second-order valence-electron chi connectivity index (χ2n) is 6.82. The van der Waals surface area contributed by atoms with Crippen LogP contribution in [0, 0.1) is 0 Å². The fourth-order valence-electron chi connectivity index (χ4n) is 3.61. The van der Waals surface area contributed by atoms with Crippen molar-refractivity contribution in [2.75, 3.05) is 6.54 Å². The smallest absolute Gasteiger partial charge is 0.410 e. The average Bonchev–Trinajstić information content (AvgIpc) is 3.14. The molecule has 0 aliphatic carbocycles. The fourth-order valence-corrected chi connectivity index (χ4v) is 3.61. The van der Waals surface area contributed by atoms with E-state index >= 15 is 0 Å². The van der Waals surface area contributed by atoms with Crippen molar-refractivity contribution in [3.05, 3.63) is 35.9 Å². The predicted octanol–water partition coefficient (Wildman–Crippen LogP) is 1.24. The number of carbonyl (C=O) groups is 1. The van der Waals surface area contributed by atoms with Crippen LogP contribution in [0.4, 0.5) is 4.79 Å². The third-order valence-electron chi connectivity index (χ3n) is 4.62. The first kappa shape index (κ1) is 15.8. The molecule has 1 N–H and O–H groups in total. The molecule has 1 aromatic rings. The highest BCUT2D eigenvalue weighted by atomic mass is 16.8. The normalized spacial score (nSPS) is 36.5. The van der Waals surface area contributed by atoms with E-state index in [0.29, 0.717) is 0 Å². The van der Waals surface area contributed by atoms with Crippen LogP contribution >= 0.6 is 0 Å². The largest absolute Gasteiger partial charge is 0.445 e. The SMILES string of the molecule is CC1(C)O[C@H]2O[C@@H]3C([C@H]2O1)N(C(=O)OCc1ccccc1)C[C@H]3O. The van der Waals surface area contributed by atoms with Crippen LogP contribution in [-0.2, 0) is 25.6 Å². The molecule has 0 spiro atoms. The number of hydrogen-bond acceptors (Lipinski definition) is 6. The third kappa shape index (κ3) is 2.67. The minimum absolute atomic E-state index is 0.163. The number of carbonyl (C=O) groups excluding carboxylic acids is 1. The summed E-state index contributed by atoms with van der Waals surface area (Å²) in [5.41, 5.74) is 0.907. The second kappa shape index (κ2) is 5.70. The summed E-state index contributed by atoms with van der Waals surface area (Å²) in [4.78, 5) is 14.0. The van der Waals surface area contributed by atoms with Gasteiger partial charge in [-0.05, 0) is 19.4 Å². The molecule has 1 aromatic carbocycles. The van der Waals surface area contributed by atoms with Crippen molar-refractivity contribution in [3.63, 3.8) is 0 Å². The number of rotatable bonds is 2. The Balaban J connectivity index is 1.46. The van der Waals surface area contributed by atoms with E-state index in [4.69, 9.17) is 18.9 Å². The van der Waals surface area contributed by atoms with Crippen molar-refractivity contribution < 1.29 is 28.8 Å². The van der Waals surface area contributed by atoms with E-state index in [1.165, 1.54) is 4.90 Å². The molecule has 0 bridgehead atoms. The number of fused-ring (bicyclic) bond motifs is 3. The molecule has 3 fully saturated rings. The summed E-state index contributed by atoms with van der Waals surface area (Å²) < 4.78 is 22.7. The number of aliphatic hydroxyl groups is 1. The van der Waals surface area contributed by atoms with E-state index in [9.17, 15) is 9.90 Å². The molecule has 0 saturated carbocycles. The number of amides is 1. The number of ether oxygens (including phenoxy) is 4. The molecule has 1 unspecified atom stereocenters. The van der Waals surface area contributed by atoms with Crippen LogP contribution in [0.3, 0.4) is 0 Å². The maximum absolute atomic E-state index is 12.5. The summed E-state index contributed by atoms with van der Waals surface area (Å²) in [7, 11) is 0. The first-order chi connectivity index (χ1) is 11.4. The molecule has 1 amide bonds. The molecule has 7 nitrogen and oxygen atoms in total. The van der Waals surface area contributed by atoms with Gasteiger partial charge < -0.3 is 24.1 Å². The van der Waals surface area contributed by atoms with E-state index in [1.807, 2.05) is 30.3 Å². The number of nitrogens with zero attached hydrogens (tertiary/aromatic N) is 1. The maximum Gasteiger partial charge on any atom is 0.410 e. The van der Waals surface area contributed by atoms with Crippen molar-refractivity contribution in [1.29, 1.82) is 0 Å². The first-order valence-corrected chi connectivity index (χ1v) is 8.11. The molecule has 3 heterocycles. The van der Waals surface area contributed by atoms with Crippen molar-refractivity contribution in [3.8, 4) is 0 Å². The lowest BCUT2D eigenvalue weighted by atomic mass is 10.1. The molecule has 7 heteroatoms. The lowest BCUT2D eigenvalue weighted by Crippen LogP contribution is -2.46. The third-order valence-corrected chi connectivity index (χ3v) is 4.62. The zero-order valence-corrected chi connectivity index (χ0v) is 13.6. The summed E-state index contributed by atoms with van der Waals surface area (Å²) in [5, 5.41) is 10.2. The Morgan fingerprint density at radius 1 is 1.29 bits per heavy atom. The Bertz CT molecular complexity index is 621. The van der Waals surface area contributed by atoms with Crippen LogP contribution in [0.15, 0.2) is 30.3 Å². The number of aliphatic hydroxyl groups excluding tert-OH is 1. The van der Waals surface area contributed by atoms with Gasteiger partial charge in [-0.25, -0.2) is 4.79 Å². The van der Waals surface area contributed by atoms with E-state index in [1.54, 1.807) is 13.8 Å². The van der Waals surface area contributed by atoms with Crippen molar-refractivity contribution in [1.82, 2.24) is 4.90 Å². The lowest BCUT2D eigenvalue weighted by molar-refractivity contribution is -0.212. The van der Waals surface area contributed by atoms with E-state index in [2.05, 4.69) is 0 Å². The van der Waals surface area contributed by atoms with Gasteiger partial charge in [0.15, 0.2) is 12.1 Å². The minimum Gasteiger partial charge on any atom is -0.445 e. The Kier molecular flexibility index (Phi) is 3.76. The molecule has 4 rings (SSSR count). The zero-order valence-electron chi connectivity index (χ0n) is 13.6. The molecular formula is C17H21NO6. The van der Waals surface area contributed by atoms with Gasteiger partial charge in [0.05, 0.1) is 12.6 Å². The summed E-state index contributed by atoms with van der Waals surface area (Å²) in [6.45, 7) is 3.94. The quantitative estimate of drug-likeness (QED) is 0.876. The van der Waals surface area contributed by atoms with Gasteiger partial charge in [-0.15, -0.1) is 0 Å². The van der Waals surface area contributed by atoms with Gasteiger partial charge in [0.25, 0.3) is 0 Å². The maximum atomic E-state index is 12.5. The summed E-state index contributed by atoms with van der Waals surface area (Å²) in [6, 6.07) is 9.05. The Labute approximate surface area is 140 Å². The number of hydrogen-bond donors (Lipinski definition) is 1. The van der Waals surface area contributed by atoms with Crippen LogP contribution in [0.25, 0.3) is 0 Å². The Hall–Kier alpha value is -1.67. The molecule has 0 radical (unpaired) electrons. The van der Waals surface area contributed by atoms with Gasteiger partial charge in [0, 0.05) is 0 Å².